The Morgan fingerprint density at radius 2 is 2.20 bits per heavy atom. The van der Waals surface area contributed by atoms with Gasteiger partial charge in [0.05, 0.1) is 13.2 Å². The maximum Gasteiger partial charge on any atom is 0.328 e. The number of hydrogen-bond donors (Lipinski definition) is 3. The minimum absolute atomic E-state index is 0.0233. The van der Waals surface area contributed by atoms with Gasteiger partial charge in [0, 0.05) is 13.2 Å². The van der Waals surface area contributed by atoms with Gasteiger partial charge in [-0.1, -0.05) is 0 Å². The Hall–Kier alpha value is -1.14. The molecule has 86 valence electrons. The lowest BCUT2D eigenvalue weighted by Crippen LogP contribution is -2.47. The molecule has 0 aromatic heterocycles. The molecule has 6 nitrogen and oxygen atoms in total. The lowest BCUT2D eigenvalue weighted by molar-refractivity contribution is -0.143. The lowest BCUT2D eigenvalue weighted by Gasteiger charge is -2.13. The van der Waals surface area contributed by atoms with Crippen molar-refractivity contribution in [2.75, 3.05) is 20.3 Å². The standard InChI is InChI=1S/C9H16N2O4/c1-15-5-7(9(13)14)11-8(12)4-10-6-2-3-6/h6-7,10H,2-5H2,1H3,(H,11,12)(H,13,14). The fourth-order valence-electron chi connectivity index (χ4n) is 1.11. The van der Waals surface area contributed by atoms with Crippen molar-refractivity contribution < 1.29 is 19.4 Å². The van der Waals surface area contributed by atoms with E-state index >= 15 is 0 Å². The lowest BCUT2D eigenvalue weighted by atomic mass is 10.3. The predicted octanol–water partition coefficient (Wildman–Crippen LogP) is -1.05. The summed E-state index contributed by atoms with van der Waals surface area (Å²) in [5, 5.41) is 14.1. The molecular weight excluding hydrogens is 200 g/mol. The SMILES string of the molecule is COCC(NC(=O)CNC1CC1)C(=O)O. The fraction of sp³-hybridized carbons (Fsp3) is 0.778. The van der Waals surface area contributed by atoms with Crippen LogP contribution in [0.2, 0.25) is 0 Å². The van der Waals surface area contributed by atoms with Crippen molar-refractivity contribution in [1.29, 1.82) is 0 Å². The zero-order valence-electron chi connectivity index (χ0n) is 8.66. The van der Waals surface area contributed by atoms with E-state index in [1.165, 1.54) is 7.11 Å². The van der Waals surface area contributed by atoms with Gasteiger partial charge in [0.2, 0.25) is 5.91 Å². The number of methoxy groups -OCH3 is 1. The third-order valence-electron chi connectivity index (χ3n) is 2.10. The summed E-state index contributed by atoms with van der Waals surface area (Å²) in [6.45, 7) is 0.142. The molecule has 0 radical (unpaired) electrons. The molecule has 1 amide bonds. The molecule has 0 aliphatic heterocycles. The van der Waals surface area contributed by atoms with E-state index in [0.717, 1.165) is 12.8 Å². The second-order valence-corrected chi connectivity index (χ2v) is 3.57. The molecular formula is C9H16N2O4. The molecule has 6 heteroatoms. The van der Waals surface area contributed by atoms with E-state index in [2.05, 4.69) is 15.4 Å². The Labute approximate surface area is 88.0 Å². The Balaban J connectivity index is 2.22. The van der Waals surface area contributed by atoms with E-state index in [-0.39, 0.29) is 19.1 Å². The van der Waals surface area contributed by atoms with Gasteiger partial charge in [0.15, 0.2) is 6.04 Å². The minimum Gasteiger partial charge on any atom is -0.480 e. The molecule has 0 saturated heterocycles. The molecule has 0 aromatic carbocycles. The molecule has 1 aliphatic carbocycles. The van der Waals surface area contributed by atoms with E-state index in [0.29, 0.717) is 6.04 Å². The molecule has 1 atom stereocenters. The summed E-state index contributed by atoms with van der Waals surface area (Å²) in [6, 6.07) is -0.537. The van der Waals surface area contributed by atoms with E-state index in [1.54, 1.807) is 0 Å². The number of carboxylic acids is 1. The van der Waals surface area contributed by atoms with E-state index in [1.807, 2.05) is 0 Å². The van der Waals surface area contributed by atoms with Gasteiger partial charge in [0.25, 0.3) is 0 Å². The normalized spacial score (nSPS) is 17.1. The van der Waals surface area contributed by atoms with Gasteiger partial charge in [-0.05, 0) is 12.8 Å². The third kappa shape index (κ3) is 4.75. The van der Waals surface area contributed by atoms with Crippen molar-refractivity contribution in [3.05, 3.63) is 0 Å². The first-order valence-corrected chi connectivity index (χ1v) is 4.88. The first-order chi connectivity index (χ1) is 7.13. The van der Waals surface area contributed by atoms with Crippen LogP contribution in [0.4, 0.5) is 0 Å². The highest BCUT2D eigenvalue weighted by molar-refractivity contribution is 5.84. The Bertz CT molecular complexity index is 240. The van der Waals surface area contributed by atoms with Gasteiger partial charge in [0.1, 0.15) is 0 Å². The Morgan fingerprint density at radius 3 is 2.67 bits per heavy atom. The Morgan fingerprint density at radius 1 is 1.53 bits per heavy atom. The molecule has 3 N–H and O–H groups in total. The molecule has 1 saturated carbocycles. The van der Waals surface area contributed by atoms with Crippen LogP contribution >= 0.6 is 0 Å². The number of amides is 1. The van der Waals surface area contributed by atoms with Gasteiger partial charge in [-0.2, -0.15) is 0 Å². The largest absolute Gasteiger partial charge is 0.480 e. The quantitative estimate of drug-likeness (QED) is 0.505. The second kappa shape index (κ2) is 5.67. The number of carbonyl (C=O) groups is 2. The molecule has 0 heterocycles. The van der Waals surface area contributed by atoms with Crippen LogP contribution < -0.4 is 10.6 Å². The maximum absolute atomic E-state index is 11.3. The summed E-state index contributed by atoms with van der Waals surface area (Å²) in [5.41, 5.74) is 0. The minimum atomic E-state index is -1.09. The number of hydrogen-bond acceptors (Lipinski definition) is 4. The summed E-state index contributed by atoms with van der Waals surface area (Å²) in [4.78, 5) is 21.9. The second-order valence-electron chi connectivity index (χ2n) is 3.57. The monoisotopic (exact) mass is 216 g/mol. The summed E-state index contributed by atoms with van der Waals surface area (Å²) in [5.74, 6) is -1.40. The zero-order chi connectivity index (χ0) is 11.3. The van der Waals surface area contributed by atoms with Crippen molar-refractivity contribution in [3.8, 4) is 0 Å². The number of aliphatic carboxylic acids is 1. The van der Waals surface area contributed by atoms with Crippen LogP contribution in [0.25, 0.3) is 0 Å². The van der Waals surface area contributed by atoms with Gasteiger partial charge in [-0.25, -0.2) is 4.79 Å². The fourth-order valence-corrected chi connectivity index (χ4v) is 1.11. The zero-order valence-corrected chi connectivity index (χ0v) is 8.66. The molecule has 0 spiro atoms. The number of rotatable bonds is 7. The van der Waals surface area contributed by atoms with Crippen LogP contribution in [0.1, 0.15) is 12.8 Å². The number of carbonyl (C=O) groups excluding carboxylic acids is 1. The van der Waals surface area contributed by atoms with Crippen molar-refractivity contribution >= 4 is 11.9 Å². The highest BCUT2D eigenvalue weighted by atomic mass is 16.5. The summed E-state index contributed by atoms with van der Waals surface area (Å²) >= 11 is 0. The molecule has 0 aromatic rings. The summed E-state index contributed by atoms with van der Waals surface area (Å²) < 4.78 is 4.69. The first-order valence-electron chi connectivity index (χ1n) is 4.88. The predicted molar refractivity (Wildman–Crippen MR) is 52.5 cm³/mol. The van der Waals surface area contributed by atoms with Crippen LogP contribution in [-0.4, -0.2) is 49.3 Å². The molecule has 1 fully saturated rings. The van der Waals surface area contributed by atoms with Crippen LogP contribution in [-0.2, 0) is 14.3 Å². The average molecular weight is 216 g/mol. The van der Waals surface area contributed by atoms with Crippen molar-refractivity contribution in [1.82, 2.24) is 10.6 Å². The number of nitrogens with one attached hydrogen (secondary N) is 2. The maximum atomic E-state index is 11.3. The van der Waals surface area contributed by atoms with E-state index in [4.69, 9.17) is 5.11 Å². The highest BCUT2D eigenvalue weighted by Gasteiger charge is 2.23. The van der Waals surface area contributed by atoms with Crippen molar-refractivity contribution in [2.24, 2.45) is 0 Å². The highest BCUT2D eigenvalue weighted by Crippen LogP contribution is 2.17. The Kier molecular flexibility index (Phi) is 4.51. The molecule has 1 unspecified atom stereocenters. The topological polar surface area (TPSA) is 87.7 Å². The van der Waals surface area contributed by atoms with Crippen LogP contribution in [0.15, 0.2) is 0 Å². The number of carboxylic acid groups (broad SMARTS) is 1. The summed E-state index contributed by atoms with van der Waals surface area (Å²) in [7, 11) is 1.39. The van der Waals surface area contributed by atoms with Gasteiger partial charge >= 0.3 is 5.97 Å². The van der Waals surface area contributed by atoms with Gasteiger partial charge < -0.3 is 20.5 Å². The molecule has 1 rings (SSSR count). The summed E-state index contributed by atoms with van der Waals surface area (Å²) in [6.07, 6.45) is 2.18. The van der Waals surface area contributed by atoms with Crippen LogP contribution in [0.3, 0.4) is 0 Å². The molecule has 1 aliphatic rings. The van der Waals surface area contributed by atoms with Gasteiger partial charge in [-0.15, -0.1) is 0 Å². The number of ether oxygens (including phenoxy) is 1. The smallest absolute Gasteiger partial charge is 0.328 e. The van der Waals surface area contributed by atoms with Crippen molar-refractivity contribution in [2.45, 2.75) is 24.9 Å². The van der Waals surface area contributed by atoms with Crippen LogP contribution in [0, 0.1) is 0 Å². The van der Waals surface area contributed by atoms with Gasteiger partial charge in [-0.3, -0.25) is 4.79 Å². The van der Waals surface area contributed by atoms with Crippen LogP contribution in [0.5, 0.6) is 0 Å². The van der Waals surface area contributed by atoms with E-state index in [9.17, 15) is 9.59 Å². The molecule has 15 heavy (non-hydrogen) atoms. The van der Waals surface area contributed by atoms with Crippen molar-refractivity contribution in [3.63, 3.8) is 0 Å². The molecule has 0 bridgehead atoms. The third-order valence-corrected chi connectivity index (χ3v) is 2.10. The van der Waals surface area contributed by atoms with E-state index < -0.39 is 12.0 Å². The average Bonchev–Trinajstić information content (AvgIpc) is 2.97. The first kappa shape index (κ1) is 11.9.